The standard InChI is InChI=1S/C17H25N3O/c1-4-12(5-2)17(21)10-19-16-8-11(3)20-15-7-6-13(18)9-14(15)16/h6-9,12,17,21H,4-5,10,18H2,1-3H3,(H,19,20). The van der Waals surface area contributed by atoms with Crippen LogP contribution in [0.1, 0.15) is 32.4 Å². The molecule has 114 valence electrons. The highest BCUT2D eigenvalue weighted by atomic mass is 16.3. The van der Waals surface area contributed by atoms with E-state index in [0.29, 0.717) is 12.5 Å². The number of pyridine rings is 1. The Hall–Kier alpha value is -1.81. The maximum atomic E-state index is 10.3. The van der Waals surface area contributed by atoms with Crippen LogP contribution in [0.25, 0.3) is 10.9 Å². The second-order valence-electron chi connectivity index (χ2n) is 5.61. The number of nitrogen functional groups attached to an aromatic ring is 1. The van der Waals surface area contributed by atoms with Crippen molar-refractivity contribution in [3.8, 4) is 0 Å². The van der Waals surface area contributed by atoms with E-state index in [1.54, 1.807) is 0 Å². The van der Waals surface area contributed by atoms with Gasteiger partial charge in [-0.25, -0.2) is 0 Å². The zero-order valence-electron chi connectivity index (χ0n) is 13.1. The van der Waals surface area contributed by atoms with E-state index >= 15 is 0 Å². The lowest BCUT2D eigenvalue weighted by atomic mass is 9.96. The minimum atomic E-state index is -0.343. The molecule has 0 bridgehead atoms. The summed E-state index contributed by atoms with van der Waals surface area (Å²) in [7, 11) is 0. The van der Waals surface area contributed by atoms with Crippen molar-refractivity contribution in [2.24, 2.45) is 5.92 Å². The van der Waals surface area contributed by atoms with E-state index < -0.39 is 0 Å². The molecule has 21 heavy (non-hydrogen) atoms. The van der Waals surface area contributed by atoms with Crippen molar-refractivity contribution in [1.82, 2.24) is 4.98 Å². The molecule has 0 spiro atoms. The highest BCUT2D eigenvalue weighted by Gasteiger charge is 2.15. The first kappa shape index (κ1) is 15.6. The fourth-order valence-corrected chi connectivity index (χ4v) is 2.74. The van der Waals surface area contributed by atoms with Crippen LogP contribution in [-0.2, 0) is 0 Å². The van der Waals surface area contributed by atoms with Gasteiger partial charge >= 0.3 is 0 Å². The van der Waals surface area contributed by atoms with Crippen LogP contribution in [-0.4, -0.2) is 22.7 Å². The van der Waals surface area contributed by atoms with E-state index in [1.165, 1.54) is 0 Å². The molecular weight excluding hydrogens is 262 g/mol. The van der Waals surface area contributed by atoms with Gasteiger partial charge in [0.05, 0.1) is 11.6 Å². The molecule has 4 nitrogen and oxygen atoms in total. The number of nitrogens with zero attached hydrogens (tertiary/aromatic N) is 1. The Bertz CT molecular complexity index is 608. The molecule has 1 aromatic heterocycles. The monoisotopic (exact) mass is 287 g/mol. The molecule has 1 atom stereocenters. The number of rotatable bonds is 6. The van der Waals surface area contributed by atoms with E-state index in [9.17, 15) is 5.11 Å². The third-order valence-electron chi connectivity index (χ3n) is 4.06. The largest absolute Gasteiger partial charge is 0.399 e. The van der Waals surface area contributed by atoms with Crippen molar-refractivity contribution in [2.45, 2.75) is 39.7 Å². The van der Waals surface area contributed by atoms with Gasteiger partial charge < -0.3 is 16.2 Å². The van der Waals surface area contributed by atoms with Gasteiger partial charge in [-0.05, 0) is 37.1 Å². The summed E-state index contributed by atoms with van der Waals surface area (Å²) in [5.74, 6) is 0.330. The first-order valence-corrected chi connectivity index (χ1v) is 7.64. The molecule has 1 aromatic carbocycles. The molecule has 1 heterocycles. The maximum Gasteiger partial charge on any atom is 0.0740 e. The minimum absolute atomic E-state index is 0.330. The number of hydrogen-bond donors (Lipinski definition) is 3. The zero-order valence-corrected chi connectivity index (χ0v) is 13.1. The Labute approximate surface area is 126 Å². The lowest BCUT2D eigenvalue weighted by Gasteiger charge is -2.21. The van der Waals surface area contributed by atoms with Crippen molar-refractivity contribution in [3.63, 3.8) is 0 Å². The van der Waals surface area contributed by atoms with Crippen LogP contribution in [0.2, 0.25) is 0 Å². The Morgan fingerprint density at radius 2 is 1.95 bits per heavy atom. The number of nitrogens with one attached hydrogen (secondary N) is 1. The fraction of sp³-hybridized carbons (Fsp3) is 0.471. The molecule has 0 aliphatic rings. The predicted octanol–water partition coefficient (Wildman–Crippen LogP) is 3.33. The smallest absolute Gasteiger partial charge is 0.0740 e. The normalized spacial score (nSPS) is 12.8. The minimum Gasteiger partial charge on any atom is -0.399 e. The Kier molecular flexibility index (Phi) is 5.02. The van der Waals surface area contributed by atoms with E-state index in [4.69, 9.17) is 5.73 Å². The molecule has 1 unspecified atom stereocenters. The highest BCUT2D eigenvalue weighted by molar-refractivity contribution is 5.93. The van der Waals surface area contributed by atoms with Crippen LogP contribution >= 0.6 is 0 Å². The van der Waals surface area contributed by atoms with Crippen LogP contribution in [0, 0.1) is 12.8 Å². The number of anilines is 2. The van der Waals surface area contributed by atoms with Crippen LogP contribution < -0.4 is 11.1 Å². The summed E-state index contributed by atoms with van der Waals surface area (Å²) >= 11 is 0. The first-order chi connectivity index (χ1) is 10.0. The molecule has 0 fully saturated rings. The number of nitrogens with two attached hydrogens (primary N) is 1. The molecule has 0 aliphatic heterocycles. The second kappa shape index (κ2) is 6.76. The van der Waals surface area contributed by atoms with Crippen molar-refractivity contribution >= 4 is 22.3 Å². The van der Waals surface area contributed by atoms with Crippen LogP contribution in [0.5, 0.6) is 0 Å². The Morgan fingerprint density at radius 3 is 2.62 bits per heavy atom. The van der Waals surface area contributed by atoms with Gasteiger partial charge in [0.25, 0.3) is 0 Å². The van der Waals surface area contributed by atoms with E-state index in [2.05, 4.69) is 24.1 Å². The second-order valence-corrected chi connectivity index (χ2v) is 5.61. The van der Waals surface area contributed by atoms with Gasteiger partial charge in [0.1, 0.15) is 0 Å². The molecule has 0 radical (unpaired) electrons. The van der Waals surface area contributed by atoms with Gasteiger partial charge in [-0.3, -0.25) is 4.98 Å². The molecule has 2 aromatic rings. The topological polar surface area (TPSA) is 71.2 Å². The molecular formula is C17H25N3O. The van der Waals surface area contributed by atoms with Gasteiger partial charge in [-0.2, -0.15) is 0 Å². The SMILES string of the molecule is CCC(CC)C(O)CNc1cc(C)nc2ccc(N)cc12. The number of aromatic nitrogens is 1. The van der Waals surface area contributed by atoms with Gasteiger partial charge in [0.15, 0.2) is 0 Å². The summed E-state index contributed by atoms with van der Waals surface area (Å²) in [4.78, 5) is 4.51. The molecule has 0 aliphatic carbocycles. The average molecular weight is 287 g/mol. The summed E-state index contributed by atoms with van der Waals surface area (Å²) in [5.41, 5.74) is 9.44. The number of hydrogen-bond acceptors (Lipinski definition) is 4. The first-order valence-electron chi connectivity index (χ1n) is 7.64. The van der Waals surface area contributed by atoms with Gasteiger partial charge in [-0.1, -0.05) is 26.7 Å². The van der Waals surface area contributed by atoms with E-state index in [-0.39, 0.29) is 6.10 Å². The lowest BCUT2D eigenvalue weighted by Crippen LogP contribution is -2.27. The third-order valence-corrected chi connectivity index (χ3v) is 4.06. The van der Waals surface area contributed by atoms with Crippen molar-refractivity contribution in [3.05, 3.63) is 30.0 Å². The van der Waals surface area contributed by atoms with Crippen LogP contribution in [0.3, 0.4) is 0 Å². The van der Waals surface area contributed by atoms with Gasteiger partial charge in [-0.15, -0.1) is 0 Å². The Morgan fingerprint density at radius 1 is 1.24 bits per heavy atom. The predicted molar refractivity (Wildman–Crippen MR) is 89.5 cm³/mol. The zero-order chi connectivity index (χ0) is 15.4. The number of benzene rings is 1. The molecule has 4 N–H and O–H groups in total. The van der Waals surface area contributed by atoms with Gasteiger partial charge in [0, 0.05) is 29.0 Å². The number of aryl methyl sites for hydroxylation is 1. The van der Waals surface area contributed by atoms with E-state index in [0.717, 1.165) is 40.8 Å². The quantitative estimate of drug-likeness (QED) is 0.713. The molecule has 2 rings (SSSR count). The number of aliphatic hydroxyl groups excluding tert-OH is 1. The van der Waals surface area contributed by atoms with E-state index in [1.807, 2.05) is 31.2 Å². The molecule has 4 heteroatoms. The van der Waals surface area contributed by atoms with Crippen molar-refractivity contribution in [1.29, 1.82) is 0 Å². The van der Waals surface area contributed by atoms with Crippen molar-refractivity contribution in [2.75, 3.05) is 17.6 Å². The summed E-state index contributed by atoms with van der Waals surface area (Å²) in [6.45, 7) is 6.74. The highest BCUT2D eigenvalue weighted by Crippen LogP contribution is 2.25. The summed E-state index contributed by atoms with van der Waals surface area (Å²) in [5, 5.41) is 14.6. The van der Waals surface area contributed by atoms with Crippen LogP contribution in [0.4, 0.5) is 11.4 Å². The Balaban J connectivity index is 2.23. The number of aliphatic hydroxyl groups is 1. The van der Waals surface area contributed by atoms with Crippen molar-refractivity contribution < 1.29 is 5.11 Å². The summed E-state index contributed by atoms with van der Waals surface area (Å²) in [6, 6.07) is 7.72. The summed E-state index contributed by atoms with van der Waals surface area (Å²) < 4.78 is 0. The maximum absolute atomic E-state index is 10.3. The number of fused-ring (bicyclic) bond motifs is 1. The van der Waals surface area contributed by atoms with Crippen LogP contribution in [0.15, 0.2) is 24.3 Å². The average Bonchev–Trinajstić information content (AvgIpc) is 2.46. The summed E-state index contributed by atoms with van der Waals surface area (Å²) in [6.07, 6.45) is 1.63. The fourth-order valence-electron chi connectivity index (χ4n) is 2.74. The molecule has 0 saturated carbocycles. The molecule has 0 saturated heterocycles. The lowest BCUT2D eigenvalue weighted by molar-refractivity contribution is 0.114. The van der Waals surface area contributed by atoms with Gasteiger partial charge in [0.2, 0.25) is 0 Å². The molecule has 0 amide bonds. The third kappa shape index (κ3) is 3.64.